The molecule has 182 valence electrons. The second-order valence-electron chi connectivity index (χ2n) is 7.92. The third-order valence-corrected chi connectivity index (χ3v) is 6.38. The van der Waals surface area contributed by atoms with Gasteiger partial charge in [-0.25, -0.2) is 9.59 Å². The maximum absolute atomic E-state index is 13.2. The number of urea groups is 1. The van der Waals surface area contributed by atoms with Gasteiger partial charge in [-0.1, -0.05) is 49.4 Å². The minimum Gasteiger partial charge on any atom is -0.480 e. The van der Waals surface area contributed by atoms with E-state index in [9.17, 15) is 19.5 Å². The molecule has 2 N–H and O–H groups in total. The van der Waals surface area contributed by atoms with Crippen molar-refractivity contribution in [3.05, 3.63) is 90.3 Å². The monoisotopic (exact) mass is 491 g/mol. The third kappa shape index (κ3) is 7.68. The summed E-state index contributed by atoms with van der Waals surface area (Å²) in [5.74, 6) is -0.696. The van der Waals surface area contributed by atoms with Crippen LogP contribution in [0.5, 0.6) is 0 Å². The highest BCUT2D eigenvalue weighted by atomic mass is 32.2. The van der Waals surface area contributed by atoms with E-state index < -0.39 is 23.9 Å². The second-order valence-corrected chi connectivity index (χ2v) is 9.07. The third-order valence-electron chi connectivity index (χ3n) is 5.32. The maximum Gasteiger partial charge on any atom is 0.327 e. The lowest BCUT2D eigenvalue weighted by molar-refractivity contribution is -0.138. The smallest absolute Gasteiger partial charge is 0.327 e. The standard InChI is InChI=1S/C27H29N3O4S/c1-2-16-30(25(31)23-10-6-9-22(18-23)21-7-4-3-5-8-21)27(34)29-24(26(32)33)19-35-17-13-20-11-14-28-15-12-20/h3-12,14-15,18,24H,2,13,16-17,19H2,1H3,(H,29,34)(H,32,33). The molecule has 0 bridgehead atoms. The number of aliphatic carboxylic acids is 1. The van der Waals surface area contributed by atoms with Crippen LogP contribution in [0.25, 0.3) is 11.1 Å². The topological polar surface area (TPSA) is 99.6 Å². The summed E-state index contributed by atoms with van der Waals surface area (Å²) in [6.45, 7) is 2.04. The van der Waals surface area contributed by atoms with Crippen molar-refractivity contribution < 1.29 is 19.5 Å². The Kier molecular flexibility index (Phi) is 9.86. The highest BCUT2D eigenvalue weighted by molar-refractivity contribution is 7.99. The number of nitrogens with one attached hydrogen (secondary N) is 1. The van der Waals surface area contributed by atoms with E-state index in [1.165, 1.54) is 11.8 Å². The van der Waals surface area contributed by atoms with Crippen molar-refractivity contribution in [2.45, 2.75) is 25.8 Å². The molecule has 7 nitrogen and oxygen atoms in total. The number of aromatic nitrogens is 1. The number of aryl methyl sites for hydroxylation is 1. The van der Waals surface area contributed by atoms with Crippen LogP contribution >= 0.6 is 11.8 Å². The Bertz CT molecular complexity index is 1130. The largest absolute Gasteiger partial charge is 0.480 e. The van der Waals surface area contributed by atoms with Gasteiger partial charge in [-0.05, 0) is 59.6 Å². The summed E-state index contributed by atoms with van der Waals surface area (Å²) in [7, 11) is 0. The number of hydrogen-bond donors (Lipinski definition) is 2. The molecule has 8 heteroatoms. The van der Waals surface area contributed by atoms with Gasteiger partial charge < -0.3 is 10.4 Å². The highest BCUT2D eigenvalue weighted by Crippen LogP contribution is 2.21. The molecular formula is C27H29N3O4S. The van der Waals surface area contributed by atoms with Crippen molar-refractivity contribution in [2.75, 3.05) is 18.1 Å². The molecule has 0 fully saturated rings. The summed E-state index contributed by atoms with van der Waals surface area (Å²) < 4.78 is 0. The number of amides is 3. The van der Waals surface area contributed by atoms with E-state index in [0.717, 1.165) is 28.0 Å². The quantitative estimate of drug-likeness (QED) is 0.376. The number of carboxylic acid groups (broad SMARTS) is 1. The van der Waals surface area contributed by atoms with Gasteiger partial charge in [0.25, 0.3) is 5.91 Å². The van der Waals surface area contributed by atoms with Gasteiger partial charge in [0.05, 0.1) is 0 Å². The fraction of sp³-hybridized carbons (Fsp3) is 0.259. The zero-order chi connectivity index (χ0) is 25.0. The van der Waals surface area contributed by atoms with E-state index in [2.05, 4.69) is 10.3 Å². The lowest BCUT2D eigenvalue weighted by Gasteiger charge is -2.23. The number of hydrogen-bond acceptors (Lipinski definition) is 5. The number of pyridine rings is 1. The molecule has 1 aromatic heterocycles. The first-order chi connectivity index (χ1) is 17.0. The van der Waals surface area contributed by atoms with Gasteiger partial charge in [-0.2, -0.15) is 11.8 Å². The molecule has 3 rings (SSSR count). The Labute approximate surface area is 209 Å². The molecular weight excluding hydrogens is 462 g/mol. The summed E-state index contributed by atoms with van der Waals surface area (Å²) in [6, 6.07) is 18.8. The van der Waals surface area contributed by atoms with Crippen LogP contribution < -0.4 is 5.32 Å². The molecule has 0 radical (unpaired) electrons. The molecule has 0 aliphatic heterocycles. The van der Waals surface area contributed by atoms with Crippen LogP contribution in [0, 0.1) is 0 Å². The molecule has 1 unspecified atom stereocenters. The van der Waals surface area contributed by atoms with Gasteiger partial charge in [-0.3, -0.25) is 14.7 Å². The molecule has 35 heavy (non-hydrogen) atoms. The summed E-state index contributed by atoms with van der Waals surface area (Å²) >= 11 is 1.44. The number of thioether (sulfide) groups is 1. The summed E-state index contributed by atoms with van der Waals surface area (Å²) in [5, 5.41) is 12.2. The number of nitrogens with zero attached hydrogens (tertiary/aromatic N) is 2. The van der Waals surface area contributed by atoms with Gasteiger partial charge in [0.2, 0.25) is 0 Å². The number of carbonyl (C=O) groups excluding carboxylic acids is 2. The maximum atomic E-state index is 13.2. The van der Waals surface area contributed by atoms with E-state index >= 15 is 0 Å². The van der Waals surface area contributed by atoms with Crippen LogP contribution in [0.3, 0.4) is 0 Å². The van der Waals surface area contributed by atoms with E-state index in [4.69, 9.17) is 0 Å². The predicted octanol–water partition coefficient (Wildman–Crippen LogP) is 4.74. The van der Waals surface area contributed by atoms with Crippen LogP contribution in [-0.2, 0) is 11.2 Å². The molecule has 0 aliphatic carbocycles. The van der Waals surface area contributed by atoms with Crippen LogP contribution in [-0.4, -0.2) is 57.0 Å². The zero-order valence-electron chi connectivity index (χ0n) is 19.6. The molecule has 1 heterocycles. The van der Waals surface area contributed by atoms with Crippen molar-refractivity contribution in [3.8, 4) is 11.1 Å². The lowest BCUT2D eigenvalue weighted by atomic mass is 10.0. The predicted molar refractivity (Wildman–Crippen MR) is 138 cm³/mol. The van der Waals surface area contributed by atoms with Crippen molar-refractivity contribution in [2.24, 2.45) is 0 Å². The summed E-state index contributed by atoms with van der Waals surface area (Å²) in [6.07, 6.45) is 4.76. The van der Waals surface area contributed by atoms with Crippen molar-refractivity contribution in [1.82, 2.24) is 15.2 Å². The fourth-order valence-corrected chi connectivity index (χ4v) is 4.49. The number of rotatable bonds is 11. The van der Waals surface area contributed by atoms with Crippen LogP contribution in [0.4, 0.5) is 4.79 Å². The molecule has 3 amide bonds. The first-order valence-corrected chi connectivity index (χ1v) is 12.6. The first-order valence-electron chi connectivity index (χ1n) is 11.5. The summed E-state index contributed by atoms with van der Waals surface area (Å²) in [4.78, 5) is 43.1. The van der Waals surface area contributed by atoms with E-state index in [-0.39, 0.29) is 12.3 Å². The summed E-state index contributed by atoms with van der Waals surface area (Å²) in [5.41, 5.74) is 3.31. The normalized spacial score (nSPS) is 11.5. The number of carbonyl (C=O) groups is 3. The molecule has 0 aliphatic rings. The van der Waals surface area contributed by atoms with E-state index in [0.29, 0.717) is 17.7 Å². The first kappa shape index (κ1) is 26.0. The lowest BCUT2D eigenvalue weighted by Crippen LogP contribution is -2.51. The van der Waals surface area contributed by atoms with Gasteiger partial charge >= 0.3 is 12.0 Å². The SMILES string of the molecule is CCCN(C(=O)NC(CSCCc1ccncc1)C(=O)O)C(=O)c1cccc(-c2ccccc2)c1. The second kappa shape index (κ2) is 13.3. The Balaban J connectivity index is 1.65. The number of carboxylic acids is 1. The minimum atomic E-state index is -1.13. The van der Waals surface area contributed by atoms with E-state index in [1.807, 2.05) is 55.5 Å². The van der Waals surface area contributed by atoms with Crippen molar-refractivity contribution in [1.29, 1.82) is 0 Å². The molecule has 1 atom stereocenters. The number of benzene rings is 2. The van der Waals surface area contributed by atoms with Gasteiger partial charge in [-0.15, -0.1) is 0 Å². The highest BCUT2D eigenvalue weighted by Gasteiger charge is 2.27. The van der Waals surface area contributed by atoms with Crippen LogP contribution in [0.15, 0.2) is 79.1 Å². The zero-order valence-corrected chi connectivity index (χ0v) is 20.4. The molecule has 0 saturated heterocycles. The van der Waals surface area contributed by atoms with Crippen molar-refractivity contribution in [3.63, 3.8) is 0 Å². The Morgan fingerprint density at radius 1 is 1.00 bits per heavy atom. The number of imide groups is 1. The molecule has 0 spiro atoms. The average molecular weight is 492 g/mol. The minimum absolute atomic E-state index is 0.182. The average Bonchev–Trinajstić information content (AvgIpc) is 2.89. The fourth-order valence-electron chi connectivity index (χ4n) is 3.48. The van der Waals surface area contributed by atoms with Gasteiger partial charge in [0.1, 0.15) is 6.04 Å². The Morgan fingerprint density at radius 3 is 2.40 bits per heavy atom. The Hall–Kier alpha value is -3.65. The Morgan fingerprint density at radius 2 is 1.71 bits per heavy atom. The van der Waals surface area contributed by atoms with Crippen molar-refractivity contribution >= 4 is 29.7 Å². The van der Waals surface area contributed by atoms with Gasteiger partial charge in [0.15, 0.2) is 0 Å². The molecule has 3 aromatic rings. The van der Waals surface area contributed by atoms with Crippen LogP contribution in [0.1, 0.15) is 29.3 Å². The molecule has 2 aromatic carbocycles. The van der Waals surface area contributed by atoms with Gasteiger partial charge in [0, 0.05) is 30.3 Å². The van der Waals surface area contributed by atoms with Crippen LogP contribution in [0.2, 0.25) is 0 Å². The van der Waals surface area contributed by atoms with E-state index in [1.54, 1.807) is 30.6 Å². The molecule has 0 saturated carbocycles.